The number of aliphatic hydroxyl groups is 1. The molecule has 0 spiro atoms. The number of nitro groups is 2. The van der Waals surface area contributed by atoms with Gasteiger partial charge in [-0.05, 0) is 94.1 Å². The minimum absolute atomic E-state index is 0.0367. The summed E-state index contributed by atoms with van der Waals surface area (Å²) in [6.45, 7) is 5.51. The molecule has 0 radical (unpaired) electrons. The topological polar surface area (TPSA) is 215 Å². The van der Waals surface area contributed by atoms with E-state index >= 15 is 0 Å². The van der Waals surface area contributed by atoms with Crippen molar-refractivity contribution in [3.63, 3.8) is 0 Å². The minimum atomic E-state index is -0.969. The Balaban J connectivity index is 1.19. The van der Waals surface area contributed by atoms with E-state index in [2.05, 4.69) is 17.3 Å². The highest BCUT2D eigenvalue weighted by Gasteiger charge is 2.60. The Labute approximate surface area is 327 Å². The maximum absolute atomic E-state index is 13.8. The number of hydrogen-bond donors (Lipinski definition) is 2. The SMILES string of the molecule is CC(O)[C@H]1C(=O)N2C(C(=O)OCc3ccc([N+](=O)[O-])cc3)=C(S[C@H]3C[C@@H](C(=O)NCCC4CCN(C)CC4)N(C(=O)OCc4ccc([N+](=O)[O-])cc4)C3)[C@H](C)[C@H]12. The molecule has 17 nitrogen and oxygen atoms in total. The van der Waals surface area contributed by atoms with E-state index in [9.17, 15) is 44.5 Å². The molecule has 2 N–H and O–H groups in total. The van der Waals surface area contributed by atoms with Crippen molar-refractivity contribution in [2.45, 2.75) is 76.2 Å². The smallest absolute Gasteiger partial charge is 0.410 e. The van der Waals surface area contributed by atoms with Gasteiger partial charge in [0.15, 0.2) is 0 Å². The van der Waals surface area contributed by atoms with Crippen LogP contribution in [-0.2, 0) is 37.1 Å². The number of benzene rings is 2. The summed E-state index contributed by atoms with van der Waals surface area (Å²) in [4.78, 5) is 81.1. The van der Waals surface area contributed by atoms with E-state index in [4.69, 9.17) is 9.47 Å². The van der Waals surface area contributed by atoms with Crippen LogP contribution in [0.25, 0.3) is 0 Å². The van der Waals surface area contributed by atoms with Crippen LogP contribution in [0.1, 0.15) is 50.7 Å². The van der Waals surface area contributed by atoms with Crippen molar-refractivity contribution < 1.29 is 43.6 Å². The van der Waals surface area contributed by atoms with E-state index < -0.39 is 57.2 Å². The molecule has 6 atom stereocenters. The van der Waals surface area contributed by atoms with Gasteiger partial charge in [-0.25, -0.2) is 9.59 Å². The van der Waals surface area contributed by atoms with Crippen molar-refractivity contribution in [1.82, 2.24) is 20.0 Å². The van der Waals surface area contributed by atoms with E-state index in [0.29, 0.717) is 28.5 Å². The second-order valence-electron chi connectivity index (χ2n) is 14.9. The fraction of sp³-hybridized carbons (Fsp3) is 0.526. The van der Waals surface area contributed by atoms with Gasteiger partial charge in [-0.1, -0.05) is 6.92 Å². The number of nitro benzene ring substituents is 2. The fourth-order valence-electron chi connectivity index (χ4n) is 7.92. The first-order valence-electron chi connectivity index (χ1n) is 18.7. The second kappa shape index (κ2) is 17.4. The summed E-state index contributed by atoms with van der Waals surface area (Å²) in [7, 11) is 2.09. The summed E-state index contributed by atoms with van der Waals surface area (Å²) in [5.41, 5.74) is 0.843. The number of ether oxygens (including phenoxy) is 2. The third-order valence-electron chi connectivity index (χ3n) is 11.1. The molecule has 4 heterocycles. The number of thioether (sulfide) groups is 1. The van der Waals surface area contributed by atoms with Crippen LogP contribution in [0.2, 0.25) is 0 Å². The molecule has 300 valence electrons. The molecular formula is C38H46N6O11S. The van der Waals surface area contributed by atoms with Gasteiger partial charge in [-0.3, -0.25) is 34.7 Å². The van der Waals surface area contributed by atoms with Crippen LogP contribution in [0.15, 0.2) is 59.1 Å². The van der Waals surface area contributed by atoms with Gasteiger partial charge in [-0.2, -0.15) is 0 Å². The molecule has 1 unspecified atom stereocenters. The first-order valence-corrected chi connectivity index (χ1v) is 19.6. The van der Waals surface area contributed by atoms with Crippen LogP contribution >= 0.6 is 11.8 Å². The number of likely N-dealkylation sites (tertiary alicyclic amines) is 2. The summed E-state index contributed by atoms with van der Waals surface area (Å²) in [6.07, 6.45) is 1.39. The van der Waals surface area contributed by atoms with Crippen LogP contribution in [0, 0.1) is 38.0 Å². The van der Waals surface area contributed by atoms with Crippen molar-refractivity contribution in [2.75, 3.05) is 33.2 Å². The number of esters is 1. The predicted octanol–water partition coefficient (Wildman–Crippen LogP) is 3.98. The lowest BCUT2D eigenvalue weighted by atomic mass is 9.79. The van der Waals surface area contributed by atoms with Crippen molar-refractivity contribution in [3.05, 3.63) is 90.5 Å². The van der Waals surface area contributed by atoms with Crippen LogP contribution in [0.4, 0.5) is 16.2 Å². The highest BCUT2D eigenvalue weighted by Crippen LogP contribution is 2.52. The third-order valence-corrected chi connectivity index (χ3v) is 12.6. The summed E-state index contributed by atoms with van der Waals surface area (Å²) in [6, 6.07) is 9.75. The number of β-lactam (4-membered cyclic amide) rings is 1. The Bertz CT molecular complexity index is 1870. The number of amides is 3. The summed E-state index contributed by atoms with van der Waals surface area (Å²) >= 11 is 1.29. The number of non-ortho nitro benzene ring substituents is 2. The average Bonchev–Trinajstić information content (AvgIpc) is 3.70. The normalized spacial score (nSPS) is 24.4. The molecule has 6 rings (SSSR count). The number of rotatable bonds is 14. The van der Waals surface area contributed by atoms with Gasteiger partial charge in [0.05, 0.1) is 27.9 Å². The Morgan fingerprint density at radius 1 is 0.964 bits per heavy atom. The first-order chi connectivity index (χ1) is 26.7. The van der Waals surface area contributed by atoms with E-state index in [1.165, 1.54) is 77.0 Å². The Kier molecular flexibility index (Phi) is 12.6. The molecule has 0 saturated carbocycles. The largest absolute Gasteiger partial charge is 0.456 e. The molecule has 3 saturated heterocycles. The molecule has 18 heteroatoms. The number of aliphatic hydroxyl groups excluding tert-OH is 1. The van der Waals surface area contributed by atoms with Gasteiger partial charge < -0.3 is 29.7 Å². The van der Waals surface area contributed by atoms with Crippen LogP contribution in [0.5, 0.6) is 0 Å². The number of nitrogens with zero attached hydrogens (tertiary/aromatic N) is 5. The van der Waals surface area contributed by atoms with Crippen molar-refractivity contribution in [3.8, 4) is 0 Å². The second-order valence-corrected chi connectivity index (χ2v) is 16.3. The molecule has 0 aliphatic carbocycles. The maximum atomic E-state index is 13.8. The molecule has 2 aromatic carbocycles. The summed E-state index contributed by atoms with van der Waals surface area (Å²) < 4.78 is 11.3. The van der Waals surface area contributed by atoms with E-state index in [1.54, 1.807) is 0 Å². The van der Waals surface area contributed by atoms with Gasteiger partial charge in [-0.15, -0.1) is 11.8 Å². The highest BCUT2D eigenvalue weighted by molar-refractivity contribution is 8.03. The zero-order valence-electron chi connectivity index (χ0n) is 31.4. The van der Waals surface area contributed by atoms with Gasteiger partial charge in [0.25, 0.3) is 11.4 Å². The van der Waals surface area contributed by atoms with E-state index in [-0.39, 0.29) is 55.1 Å². The molecule has 0 bridgehead atoms. The summed E-state index contributed by atoms with van der Waals surface area (Å²) in [5, 5.41) is 35.2. The highest BCUT2D eigenvalue weighted by atomic mass is 32.2. The van der Waals surface area contributed by atoms with Gasteiger partial charge in [0.2, 0.25) is 11.8 Å². The predicted molar refractivity (Wildman–Crippen MR) is 203 cm³/mol. The molecule has 3 fully saturated rings. The Morgan fingerprint density at radius 3 is 2.09 bits per heavy atom. The number of carbonyl (C=O) groups excluding carboxylic acids is 4. The van der Waals surface area contributed by atoms with Crippen LogP contribution in [0.3, 0.4) is 0 Å². The maximum Gasteiger partial charge on any atom is 0.410 e. The fourth-order valence-corrected chi connectivity index (χ4v) is 9.44. The lowest BCUT2D eigenvalue weighted by molar-refractivity contribution is -0.385. The average molecular weight is 795 g/mol. The van der Waals surface area contributed by atoms with Gasteiger partial charge >= 0.3 is 12.1 Å². The number of hydrogen-bond acceptors (Lipinski definition) is 13. The molecule has 2 aromatic rings. The monoisotopic (exact) mass is 794 g/mol. The minimum Gasteiger partial charge on any atom is -0.456 e. The lowest BCUT2D eigenvalue weighted by Crippen LogP contribution is -2.63. The Morgan fingerprint density at radius 2 is 1.54 bits per heavy atom. The quantitative estimate of drug-likeness (QED) is 0.120. The zero-order chi connectivity index (χ0) is 40.3. The number of nitrogens with one attached hydrogen (secondary N) is 1. The van der Waals surface area contributed by atoms with Gasteiger partial charge in [0, 0.05) is 53.4 Å². The number of fused-ring (bicyclic) bond motifs is 1. The van der Waals surface area contributed by atoms with Crippen LogP contribution < -0.4 is 5.32 Å². The molecule has 3 amide bonds. The number of piperidine rings is 1. The van der Waals surface area contributed by atoms with E-state index in [0.717, 1.165) is 32.4 Å². The van der Waals surface area contributed by atoms with E-state index in [1.807, 2.05) is 6.92 Å². The zero-order valence-corrected chi connectivity index (χ0v) is 32.2. The molecule has 4 aliphatic heterocycles. The number of carbonyl (C=O) groups is 4. The van der Waals surface area contributed by atoms with Crippen molar-refractivity contribution in [2.24, 2.45) is 17.8 Å². The molecular weight excluding hydrogens is 749 g/mol. The lowest BCUT2D eigenvalue weighted by Gasteiger charge is -2.46. The molecule has 0 aromatic heterocycles. The molecule has 56 heavy (non-hydrogen) atoms. The third kappa shape index (κ3) is 8.81. The van der Waals surface area contributed by atoms with Crippen LogP contribution in [-0.4, -0.2) is 110 Å². The van der Waals surface area contributed by atoms with Crippen molar-refractivity contribution in [1.29, 1.82) is 0 Å². The summed E-state index contributed by atoms with van der Waals surface area (Å²) in [5.74, 6) is -2.17. The molecule has 4 aliphatic rings. The Hall–Kier alpha value is -5.07. The first kappa shape index (κ1) is 40.6. The standard InChI is InChI=1S/C38H46N6O11S/c1-22-32-31(23(2)45)36(47)42(32)33(37(48)54-20-25-4-8-27(9-5-25)43(50)51)34(22)56-29-18-30(35(46)39-15-12-24-13-16-40(3)17-14-24)41(19-29)38(49)55-21-26-6-10-28(11-7-26)44(52)53/h4-11,22-24,29-32,45H,12-21H2,1-3H3,(H,39,46)/t22-,23?,29+,30+,31-,32-/m1/s1. The van der Waals surface area contributed by atoms with Gasteiger partial charge in [0.1, 0.15) is 25.0 Å². The van der Waals surface area contributed by atoms with Crippen molar-refractivity contribution >= 4 is 47.0 Å².